The second-order valence-corrected chi connectivity index (χ2v) is 5.24. The molecule has 0 radical (unpaired) electrons. The van der Waals surface area contributed by atoms with E-state index in [1.54, 1.807) is 13.8 Å². The molecule has 0 bridgehead atoms. The lowest BCUT2D eigenvalue weighted by Gasteiger charge is -2.38. The maximum Gasteiger partial charge on any atom is 0.323 e. The lowest BCUT2D eigenvalue weighted by Crippen LogP contribution is -2.50. The standard InChI is InChI=1S/C14H24O5/c1-4-18-12(15)11(13(16)19-5-2)14(17)8-6-7-10(3)9-14/h10-11,17H,4-9H2,1-3H3. The molecule has 0 saturated heterocycles. The van der Waals surface area contributed by atoms with E-state index in [4.69, 9.17) is 9.47 Å². The Morgan fingerprint density at radius 2 is 1.79 bits per heavy atom. The summed E-state index contributed by atoms with van der Waals surface area (Å²) in [6, 6.07) is 0. The van der Waals surface area contributed by atoms with Gasteiger partial charge in [-0.1, -0.05) is 19.8 Å². The van der Waals surface area contributed by atoms with Gasteiger partial charge in [0.2, 0.25) is 0 Å². The molecule has 2 atom stereocenters. The predicted molar refractivity (Wildman–Crippen MR) is 69.3 cm³/mol. The number of hydrogen-bond acceptors (Lipinski definition) is 5. The highest BCUT2D eigenvalue weighted by Crippen LogP contribution is 2.38. The zero-order valence-electron chi connectivity index (χ0n) is 12.0. The Labute approximate surface area is 114 Å². The first kappa shape index (κ1) is 16.0. The molecule has 1 aliphatic rings. The third kappa shape index (κ3) is 3.93. The second-order valence-electron chi connectivity index (χ2n) is 5.24. The van der Waals surface area contributed by atoms with E-state index in [-0.39, 0.29) is 19.1 Å². The summed E-state index contributed by atoms with van der Waals surface area (Å²) in [5, 5.41) is 10.7. The maximum atomic E-state index is 12.0. The van der Waals surface area contributed by atoms with Crippen molar-refractivity contribution in [2.24, 2.45) is 11.8 Å². The summed E-state index contributed by atoms with van der Waals surface area (Å²) < 4.78 is 9.85. The summed E-state index contributed by atoms with van der Waals surface area (Å²) in [4.78, 5) is 24.0. The minimum atomic E-state index is -1.34. The van der Waals surface area contributed by atoms with Crippen LogP contribution in [0.4, 0.5) is 0 Å². The fourth-order valence-electron chi connectivity index (χ4n) is 2.81. The third-order valence-electron chi connectivity index (χ3n) is 3.59. The number of hydrogen-bond donors (Lipinski definition) is 1. The van der Waals surface area contributed by atoms with E-state index in [1.165, 1.54) is 0 Å². The number of rotatable bonds is 5. The number of carbonyl (C=O) groups is 2. The predicted octanol–water partition coefficient (Wildman–Crippen LogP) is 1.67. The fourth-order valence-corrected chi connectivity index (χ4v) is 2.81. The van der Waals surface area contributed by atoms with Gasteiger partial charge in [0.15, 0.2) is 5.92 Å². The van der Waals surface area contributed by atoms with Crippen LogP contribution < -0.4 is 0 Å². The van der Waals surface area contributed by atoms with Crippen LogP contribution in [-0.4, -0.2) is 35.9 Å². The number of aliphatic hydroxyl groups is 1. The molecule has 0 heterocycles. The van der Waals surface area contributed by atoms with Gasteiger partial charge < -0.3 is 14.6 Å². The van der Waals surface area contributed by atoms with Crippen LogP contribution in [0.3, 0.4) is 0 Å². The number of ether oxygens (including phenoxy) is 2. The lowest BCUT2D eigenvalue weighted by atomic mass is 9.72. The first-order valence-corrected chi connectivity index (χ1v) is 7.00. The molecular formula is C14H24O5. The van der Waals surface area contributed by atoms with Crippen molar-refractivity contribution >= 4 is 11.9 Å². The van der Waals surface area contributed by atoms with Crippen LogP contribution in [0.5, 0.6) is 0 Å². The van der Waals surface area contributed by atoms with E-state index in [2.05, 4.69) is 0 Å². The van der Waals surface area contributed by atoms with E-state index in [0.717, 1.165) is 12.8 Å². The first-order chi connectivity index (χ1) is 8.94. The van der Waals surface area contributed by atoms with Crippen LogP contribution in [0.15, 0.2) is 0 Å². The van der Waals surface area contributed by atoms with Crippen LogP contribution >= 0.6 is 0 Å². The average molecular weight is 272 g/mol. The van der Waals surface area contributed by atoms with Gasteiger partial charge in [0, 0.05) is 0 Å². The summed E-state index contributed by atoms with van der Waals surface area (Å²) in [6.07, 6.45) is 2.66. The number of esters is 2. The zero-order valence-corrected chi connectivity index (χ0v) is 12.0. The normalized spacial score (nSPS) is 27.1. The van der Waals surface area contributed by atoms with Gasteiger partial charge in [-0.2, -0.15) is 0 Å². The third-order valence-corrected chi connectivity index (χ3v) is 3.59. The quantitative estimate of drug-likeness (QED) is 0.609. The van der Waals surface area contributed by atoms with E-state index in [1.807, 2.05) is 6.92 Å². The molecule has 5 nitrogen and oxygen atoms in total. The maximum absolute atomic E-state index is 12.0. The van der Waals surface area contributed by atoms with Gasteiger partial charge in [0.05, 0.1) is 18.8 Å². The highest BCUT2D eigenvalue weighted by Gasteiger charge is 2.49. The van der Waals surface area contributed by atoms with Crippen LogP contribution in [0, 0.1) is 11.8 Å². The molecule has 1 N–H and O–H groups in total. The molecule has 19 heavy (non-hydrogen) atoms. The molecule has 0 amide bonds. The van der Waals surface area contributed by atoms with Gasteiger partial charge in [-0.3, -0.25) is 9.59 Å². The number of carbonyl (C=O) groups excluding carboxylic acids is 2. The van der Waals surface area contributed by atoms with Crippen LogP contribution in [0.1, 0.15) is 46.5 Å². The SMILES string of the molecule is CCOC(=O)C(C(=O)OCC)C1(O)CCCC(C)C1. The Morgan fingerprint density at radius 3 is 2.21 bits per heavy atom. The largest absolute Gasteiger partial charge is 0.465 e. The van der Waals surface area contributed by atoms with E-state index in [9.17, 15) is 14.7 Å². The molecule has 1 aliphatic carbocycles. The molecule has 0 aliphatic heterocycles. The summed E-state index contributed by atoms with van der Waals surface area (Å²) in [5.41, 5.74) is -1.34. The van der Waals surface area contributed by atoms with Crippen molar-refractivity contribution in [2.45, 2.75) is 52.1 Å². The van der Waals surface area contributed by atoms with Crippen LogP contribution in [0.25, 0.3) is 0 Å². The van der Waals surface area contributed by atoms with Crippen LogP contribution in [-0.2, 0) is 19.1 Å². The molecule has 1 fully saturated rings. The van der Waals surface area contributed by atoms with E-state index >= 15 is 0 Å². The van der Waals surface area contributed by atoms with Gasteiger partial charge in [-0.05, 0) is 32.6 Å². The second kappa shape index (κ2) is 6.89. The van der Waals surface area contributed by atoms with Gasteiger partial charge in [0.1, 0.15) is 0 Å². The van der Waals surface area contributed by atoms with Crippen molar-refractivity contribution in [3.8, 4) is 0 Å². The Balaban J connectivity index is 2.93. The first-order valence-electron chi connectivity index (χ1n) is 7.00. The minimum absolute atomic E-state index is 0.181. The van der Waals surface area contributed by atoms with Crippen molar-refractivity contribution in [1.82, 2.24) is 0 Å². The molecule has 2 unspecified atom stereocenters. The monoisotopic (exact) mass is 272 g/mol. The van der Waals surface area contributed by atoms with E-state index in [0.29, 0.717) is 12.8 Å². The summed E-state index contributed by atoms with van der Waals surface area (Å²) in [6.45, 7) is 5.72. The Kier molecular flexibility index (Phi) is 5.79. The summed E-state index contributed by atoms with van der Waals surface area (Å²) in [7, 11) is 0. The zero-order chi connectivity index (χ0) is 14.5. The molecule has 5 heteroatoms. The smallest absolute Gasteiger partial charge is 0.323 e. The highest BCUT2D eigenvalue weighted by molar-refractivity contribution is 5.96. The topological polar surface area (TPSA) is 72.8 Å². The lowest BCUT2D eigenvalue weighted by molar-refractivity contribution is -0.178. The molecule has 1 saturated carbocycles. The van der Waals surface area contributed by atoms with Gasteiger partial charge >= 0.3 is 11.9 Å². The molecular weight excluding hydrogens is 248 g/mol. The Bertz CT molecular complexity index is 310. The van der Waals surface area contributed by atoms with Gasteiger partial charge in [-0.15, -0.1) is 0 Å². The van der Waals surface area contributed by atoms with Crippen molar-refractivity contribution in [3.05, 3.63) is 0 Å². The molecule has 0 aromatic carbocycles. The van der Waals surface area contributed by atoms with Crippen molar-refractivity contribution < 1.29 is 24.2 Å². The Morgan fingerprint density at radius 1 is 1.26 bits per heavy atom. The fraction of sp³-hybridized carbons (Fsp3) is 0.857. The molecule has 1 rings (SSSR count). The molecule has 0 aromatic rings. The van der Waals surface area contributed by atoms with Crippen molar-refractivity contribution in [2.75, 3.05) is 13.2 Å². The Hall–Kier alpha value is -1.10. The average Bonchev–Trinajstić information content (AvgIpc) is 2.28. The van der Waals surface area contributed by atoms with E-state index < -0.39 is 23.5 Å². The summed E-state index contributed by atoms with van der Waals surface area (Å²) >= 11 is 0. The van der Waals surface area contributed by atoms with Gasteiger partial charge in [-0.25, -0.2) is 0 Å². The minimum Gasteiger partial charge on any atom is -0.465 e. The molecule has 0 spiro atoms. The molecule has 0 aromatic heterocycles. The van der Waals surface area contributed by atoms with Crippen molar-refractivity contribution in [3.63, 3.8) is 0 Å². The van der Waals surface area contributed by atoms with Gasteiger partial charge in [0.25, 0.3) is 0 Å². The molecule has 110 valence electrons. The summed E-state index contributed by atoms with van der Waals surface area (Å²) in [5.74, 6) is -2.31. The van der Waals surface area contributed by atoms with Crippen molar-refractivity contribution in [1.29, 1.82) is 0 Å². The van der Waals surface area contributed by atoms with Crippen LogP contribution in [0.2, 0.25) is 0 Å². The highest BCUT2D eigenvalue weighted by atomic mass is 16.6.